The van der Waals surface area contributed by atoms with E-state index in [2.05, 4.69) is 17.5 Å². The second-order valence-corrected chi connectivity index (χ2v) is 3.32. The highest BCUT2D eigenvalue weighted by Crippen LogP contribution is 2.24. The number of nitrogens with one attached hydrogen (secondary N) is 1. The molecule has 1 aromatic carbocycles. The van der Waals surface area contributed by atoms with Crippen molar-refractivity contribution in [3.05, 3.63) is 28.8 Å². The summed E-state index contributed by atoms with van der Waals surface area (Å²) in [6.07, 6.45) is 0. The van der Waals surface area contributed by atoms with Crippen molar-refractivity contribution in [3.8, 4) is 5.75 Å². The summed E-state index contributed by atoms with van der Waals surface area (Å²) in [5, 5.41) is 9.68. The average Bonchev–Trinajstić information content (AvgIpc) is 2.20. The second kappa shape index (κ2) is 5.21. The number of phenolic OH excluding ortho intramolecular Hbond substituents is 1. The normalized spacial score (nSPS) is 10.5. The Bertz CT molecular complexity index is 292. The van der Waals surface area contributed by atoms with Crippen LogP contribution < -0.4 is 16.2 Å². The smallest absolute Gasteiger partial charge is 0.124 e. The number of benzene rings is 1. The molecule has 0 aliphatic heterocycles. The van der Waals surface area contributed by atoms with E-state index in [1.165, 1.54) is 0 Å². The highest BCUT2D eigenvalue weighted by molar-refractivity contribution is 7.78. The molecule has 14 heavy (non-hydrogen) atoms. The first-order valence-electron chi connectivity index (χ1n) is 4.33. The largest absolute Gasteiger partial charge is 0.507 e. The number of phenols is 1. The van der Waals surface area contributed by atoms with Crippen LogP contribution >= 0.6 is 12.8 Å². The maximum Gasteiger partial charge on any atom is 0.124 e. The highest BCUT2D eigenvalue weighted by Gasteiger charge is 2.07. The van der Waals surface area contributed by atoms with Gasteiger partial charge in [0.15, 0.2) is 0 Å². The molecule has 0 bridgehead atoms. The number of hydrogen-bond acceptors (Lipinski definition) is 5. The minimum absolute atomic E-state index is 0.206. The fraction of sp³-hybridized carbons (Fsp3) is 0.333. The molecule has 0 saturated heterocycles. The van der Waals surface area contributed by atoms with Gasteiger partial charge >= 0.3 is 0 Å². The van der Waals surface area contributed by atoms with Crippen LogP contribution in [-0.4, -0.2) is 5.11 Å². The molecule has 0 aliphatic carbocycles. The van der Waals surface area contributed by atoms with Crippen LogP contribution in [0.1, 0.15) is 16.7 Å². The van der Waals surface area contributed by atoms with E-state index < -0.39 is 0 Å². The summed E-state index contributed by atoms with van der Waals surface area (Å²) >= 11 is 3.91. The van der Waals surface area contributed by atoms with E-state index in [1.807, 2.05) is 12.1 Å². The number of aromatic hydroxyl groups is 1. The zero-order chi connectivity index (χ0) is 10.6. The third-order valence-corrected chi connectivity index (χ3v) is 2.21. The van der Waals surface area contributed by atoms with Crippen LogP contribution in [-0.2, 0) is 19.6 Å². The van der Waals surface area contributed by atoms with E-state index in [0.29, 0.717) is 30.8 Å². The molecule has 0 saturated carbocycles. The van der Waals surface area contributed by atoms with Gasteiger partial charge in [-0.15, -0.1) is 0 Å². The molecule has 6 N–H and O–H groups in total. The Morgan fingerprint density at radius 2 is 1.71 bits per heavy atom. The van der Waals surface area contributed by atoms with Crippen molar-refractivity contribution in [2.75, 3.05) is 0 Å². The van der Waals surface area contributed by atoms with Crippen molar-refractivity contribution in [1.29, 1.82) is 0 Å². The summed E-state index contributed by atoms with van der Waals surface area (Å²) < 4.78 is 2.74. The zero-order valence-corrected chi connectivity index (χ0v) is 8.72. The molecular formula is C9H15N3OS. The summed E-state index contributed by atoms with van der Waals surface area (Å²) in [5.74, 6) is 0.206. The third-order valence-electron chi connectivity index (χ3n) is 2.05. The Hall–Kier alpha value is -0.750. The van der Waals surface area contributed by atoms with E-state index in [-0.39, 0.29) is 5.75 Å². The Morgan fingerprint density at radius 3 is 2.07 bits per heavy atom. The predicted octanol–water partition coefficient (Wildman–Crippen LogP) is 0.244. The van der Waals surface area contributed by atoms with E-state index in [9.17, 15) is 5.11 Å². The minimum Gasteiger partial charge on any atom is -0.507 e. The lowest BCUT2D eigenvalue weighted by Crippen LogP contribution is -2.06. The fourth-order valence-electron chi connectivity index (χ4n) is 1.34. The number of nitrogens with two attached hydrogens (primary N) is 2. The van der Waals surface area contributed by atoms with Crippen LogP contribution in [0.5, 0.6) is 5.75 Å². The molecule has 0 unspecified atom stereocenters. The number of rotatable bonds is 4. The van der Waals surface area contributed by atoms with Gasteiger partial charge in [-0.05, 0) is 17.7 Å². The Kier molecular flexibility index (Phi) is 4.21. The lowest BCUT2D eigenvalue weighted by atomic mass is 10.0. The van der Waals surface area contributed by atoms with Crippen LogP contribution in [0, 0.1) is 0 Å². The minimum atomic E-state index is 0.206. The molecule has 5 heteroatoms. The molecule has 0 heterocycles. The van der Waals surface area contributed by atoms with Gasteiger partial charge < -0.3 is 16.6 Å². The first-order chi connectivity index (χ1) is 6.72. The Labute approximate surface area is 88.8 Å². The van der Waals surface area contributed by atoms with Crippen molar-refractivity contribution in [2.24, 2.45) is 11.5 Å². The van der Waals surface area contributed by atoms with Crippen LogP contribution in [0.3, 0.4) is 0 Å². The van der Waals surface area contributed by atoms with Gasteiger partial charge in [0.25, 0.3) is 0 Å². The van der Waals surface area contributed by atoms with Gasteiger partial charge in [0.05, 0.1) is 0 Å². The molecule has 1 rings (SSSR count). The summed E-state index contributed by atoms with van der Waals surface area (Å²) in [5.41, 5.74) is 13.4. The van der Waals surface area contributed by atoms with E-state index in [0.717, 1.165) is 5.56 Å². The lowest BCUT2D eigenvalue weighted by molar-refractivity contribution is 0.461. The van der Waals surface area contributed by atoms with Crippen molar-refractivity contribution in [2.45, 2.75) is 19.6 Å². The summed E-state index contributed by atoms with van der Waals surface area (Å²) in [6, 6.07) is 3.69. The van der Waals surface area contributed by atoms with E-state index in [1.54, 1.807) is 0 Å². The SMILES string of the molecule is NCc1cc(CNS)cc(CN)c1O. The molecule has 78 valence electrons. The monoisotopic (exact) mass is 213 g/mol. The number of thiol groups is 1. The van der Waals surface area contributed by atoms with Crippen LogP contribution in [0.15, 0.2) is 12.1 Å². The molecule has 4 nitrogen and oxygen atoms in total. The first-order valence-corrected chi connectivity index (χ1v) is 4.78. The average molecular weight is 213 g/mol. The molecule has 0 amide bonds. The first kappa shape index (κ1) is 11.3. The van der Waals surface area contributed by atoms with Crippen molar-refractivity contribution in [3.63, 3.8) is 0 Å². The van der Waals surface area contributed by atoms with E-state index >= 15 is 0 Å². The van der Waals surface area contributed by atoms with Crippen molar-refractivity contribution >= 4 is 12.8 Å². The molecule has 0 aliphatic rings. The fourth-order valence-corrected chi connectivity index (χ4v) is 1.52. The van der Waals surface area contributed by atoms with Crippen molar-refractivity contribution in [1.82, 2.24) is 4.72 Å². The van der Waals surface area contributed by atoms with Crippen LogP contribution in [0.4, 0.5) is 0 Å². The molecule has 0 radical (unpaired) electrons. The summed E-state index contributed by atoms with van der Waals surface area (Å²) in [6.45, 7) is 1.22. The molecule has 0 aromatic heterocycles. The molecule has 0 spiro atoms. The summed E-state index contributed by atoms with van der Waals surface area (Å²) in [7, 11) is 0. The highest BCUT2D eigenvalue weighted by atomic mass is 32.1. The Balaban J connectivity index is 3.11. The van der Waals surface area contributed by atoms with Crippen molar-refractivity contribution < 1.29 is 5.11 Å². The van der Waals surface area contributed by atoms with Crippen LogP contribution in [0.25, 0.3) is 0 Å². The zero-order valence-electron chi connectivity index (χ0n) is 7.83. The quantitative estimate of drug-likeness (QED) is 0.464. The van der Waals surface area contributed by atoms with Gasteiger partial charge in [-0.3, -0.25) is 4.72 Å². The van der Waals surface area contributed by atoms with E-state index in [4.69, 9.17) is 11.5 Å². The molecule has 0 atom stereocenters. The number of hydrogen-bond donors (Lipinski definition) is 5. The van der Waals surface area contributed by atoms with Gasteiger partial charge in [-0.25, -0.2) is 0 Å². The van der Waals surface area contributed by atoms with Gasteiger partial charge in [-0.2, -0.15) is 0 Å². The summed E-state index contributed by atoms with van der Waals surface area (Å²) in [4.78, 5) is 0. The topological polar surface area (TPSA) is 84.3 Å². The molecular weight excluding hydrogens is 198 g/mol. The van der Waals surface area contributed by atoms with Crippen LogP contribution in [0.2, 0.25) is 0 Å². The second-order valence-electron chi connectivity index (χ2n) is 3.01. The van der Waals surface area contributed by atoms with Gasteiger partial charge in [0.1, 0.15) is 5.75 Å². The predicted molar refractivity (Wildman–Crippen MR) is 59.7 cm³/mol. The molecule has 0 fully saturated rings. The van der Waals surface area contributed by atoms with Gasteiger partial charge in [0.2, 0.25) is 0 Å². The Morgan fingerprint density at radius 1 is 1.21 bits per heavy atom. The standard InChI is InChI=1S/C9H15N3OS/c10-3-7-1-6(5-12-14)2-8(4-11)9(7)13/h1-2,12-14H,3-5,10-11H2. The van der Waals surface area contributed by atoms with Gasteiger partial charge in [0, 0.05) is 30.8 Å². The van der Waals surface area contributed by atoms with Gasteiger partial charge in [-0.1, -0.05) is 12.8 Å². The lowest BCUT2D eigenvalue weighted by Gasteiger charge is -2.10. The maximum atomic E-state index is 9.68. The maximum absolute atomic E-state index is 9.68. The third kappa shape index (κ3) is 2.39. The molecule has 1 aromatic rings.